The van der Waals surface area contributed by atoms with E-state index in [-0.39, 0.29) is 12.3 Å². The molecule has 1 aromatic carbocycles. The number of benzene rings is 1. The van der Waals surface area contributed by atoms with Gasteiger partial charge in [-0.2, -0.15) is 0 Å². The lowest BCUT2D eigenvalue weighted by molar-refractivity contribution is -0.143. The predicted molar refractivity (Wildman–Crippen MR) is 76.8 cm³/mol. The lowest BCUT2D eigenvalue weighted by Crippen LogP contribution is -2.42. The van der Waals surface area contributed by atoms with Crippen LogP contribution in [-0.4, -0.2) is 29.5 Å². The molecule has 0 bridgehead atoms. The van der Waals surface area contributed by atoms with Crippen LogP contribution in [0.5, 0.6) is 0 Å². The number of hydrogen-bond donors (Lipinski definition) is 2. The standard InChI is InChI=1S/C16H19F2NO3/c17-14(18)9-13(16(21)22)19-15(20)8-10-5-6-11-3-1-2-4-12(11)7-10/h1-4,10,13-14H,5-9H2,(H,19,20)(H,21,22). The summed E-state index contributed by atoms with van der Waals surface area (Å²) in [6, 6.07) is 6.49. The van der Waals surface area contributed by atoms with Gasteiger partial charge in [0, 0.05) is 12.8 Å². The first-order chi connectivity index (χ1) is 10.5. The molecule has 0 radical (unpaired) electrons. The summed E-state index contributed by atoms with van der Waals surface area (Å²) >= 11 is 0. The van der Waals surface area contributed by atoms with Gasteiger partial charge in [-0.1, -0.05) is 24.3 Å². The van der Waals surface area contributed by atoms with Crippen molar-refractivity contribution in [1.29, 1.82) is 0 Å². The zero-order valence-corrected chi connectivity index (χ0v) is 12.1. The Kier molecular flexibility index (Phi) is 5.46. The summed E-state index contributed by atoms with van der Waals surface area (Å²) in [5, 5.41) is 11.1. The molecular weight excluding hydrogens is 292 g/mol. The summed E-state index contributed by atoms with van der Waals surface area (Å²) in [5.74, 6) is -1.78. The van der Waals surface area contributed by atoms with E-state index in [0.717, 1.165) is 19.3 Å². The third-order valence-corrected chi connectivity index (χ3v) is 3.97. The average molecular weight is 311 g/mol. The van der Waals surface area contributed by atoms with E-state index in [1.165, 1.54) is 11.1 Å². The number of carboxylic acids is 1. The van der Waals surface area contributed by atoms with Crippen LogP contribution >= 0.6 is 0 Å². The van der Waals surface area contributed by atoms with Crippen LogP contribution in [0.25, 0.3) is 0 Å². The predicted octanol–water partition coefficient (Wildman–Crippen LogP) is 2.41. The average Bonchev–Trinajstić information content (AvgIpc) is 2.45. The molecule has 1 aliphatic carbocycles. The van der Waals surface area contributed by atoms with Gasteiger partial charge in [0.15, 0.2) is 0 Å². The maximum Gasteiger partial charge on any atom is 0.326 e. The monoisotopic (exact) mass is 311 g/mol. The first kappa shape index (κ1) is 16.4. The van der Waals surface area contributed by atoms with Crippen molar-refractivity contribution < 1.29 is 23.5 Å². The van der Waals surface area contributed by atoms with Crippen LogP contribution in [0.1, 0.15) is 30.4 Å². The van der Waals surface area contributed by atoms with E-state index in [2.05, 4.69) is 11.4 Å². The van der Waals surface area contributed by atoms with Gasteiger partial charge in [0.25, 0.3) is 0 Å². The summed E-state index contributed by atoms with van der Waals surface area (Å²) in [4.78, 5) is 22.8. The number of carboxylic acid groups (broad SMARTS) is 1. The van der Waals surface area contributed by atoms with Gasteiger partial charge in [-0.3, -0.25) is 4.79 Å². The zero-order chi connectivity index (χ0) is 16.1. The van der Waals surface area contributed by atoms with Gasteiger partial charge in [0.1, 0.15) is 6.04 Å². The summed E-state index contributed by atoms with van der Waals surface area (Å²) < 4.78 is 24.6. The minimum atomic E-state index is -2.76. The topological polar surface area (TPSA) is 66.4 Å². The van der Waals surface area contributed by atoms with Gasteiger partial charge in [0.05, 0.1) is 0 Å². The molecule has 1 aliphatic rings. The fourth-order valence-electron chi connectivity index (χ4n) is 2.86. The Morgan fingerprint density at radius 1 is 1.27 bits per heavy atom. The Hall–Kier alpha value is -1.98. The van der Waals surface area contributed by atoms with Gasteiger partial charge in [-0.05, 0) is 36.3 Å². The molecule has 2 N–H and O–H groups in total. The molecule has 0 fully saturated rings. The molecule has 2 rings (SSSR count). The molecule has 2 unspecified atom stereocenters. The van der Waals surface area contributed by atoms with Crippen molar-refractivity contribution in [3.05, 3.63) is 35.4 Å². The van der Waals surface area contributed by atoms with Crippen LogP contribution in [-0.2, 0) is 22.4 Å². The molecule has 22 heavy (non-hydrogen) atoms. The fourth-order valence-corrected chi connectivity index (χ4v) is 2.86. The van der Waals surface area contributed by atoms with Crippen LogP contribution in [0.15, 0.2) is 24.3 Å². The van der Waals surface area contributed by atoms with Crippen LogP contribution in [0.2, 0.25) is 0 Å². The maximum atomic E-state index is 12.3. The molecule has 2 atom stereocenters. The van der Waals surface area contributed by atoms with Gasteiger partial charge in [-0.25, -0.2) is 13.6 Å². The minimum absolute atomic E-state index is 0.121. The van der Waals surface area contributed by atoms with Crippen LogP contribution in [0, 0.1) is 5.92 Å². The highest BCUT2D eigenvalue weighted by atomic mass is 19.3. The number of fused-ring (bicyclic) bond motifs is 1. The number of alkyl halides is 2. The smallest absolute Gasteiger partial charge is 0.326 e. The number of aliphatic carboxylic acids is 1. The molecule has 0 heterocycles. The minimum Gasteiger partial charge on any atom is -0.480 e. The first-order valence-electron chi connectivity index (χ1n) is 7.32. The fraction of sp³-hybridized carbons (Fsp3) is 0.500. The number of nitrogens with one attached hydrogen (secondary N) is 1. The van der Waals surface area contributed by atoms with Gasteiger partial charge in [0.2, 0.25) is 12.3 Å². The van der Waals surface area contributed by atoms with E-state index in [9.17, 15) is 18.4 Å². The van der Waals surface area contributed by atoms with Crippen molar-refractivity contribution in [2.45, 2.75) is 44.6 Å². The van der Waals surface area contributed by atoms with E-state index < -0.39 is 30.8 Å². The number of carbonyl (C=O) groups excluding carboxylic acids is 1. The Labute approximate surface area is 127 Å². The molecule has 1 amide bonds. The third kappa shape index (κ3) is 4.51. The van der Waals surface area contributed by atoms with Crippen molar-refractivity contribution in [2.75, 3.05) is 0 Å². The molecule has 0 spiro atoms. The molecule has 6 heteroatoms. The van der Waals surface area contributed by atoms with E-state index in [1.807, 2.05) is 18.2 Å². The second-order valence-corrected chi connectivity index (χ2v) is 5.67. The quantitative estimate of drug-likeness (QED) is 0.848. The summed E-state index contributed by atoms with van der Waals surface area (Å²) in [7, 11) is 0. The molecule has 0 aliphatic heterocycles. The summed E-state index contributed by atoms with van der Waals surface area (Å²) in [5.41, 5.74) is 2.48. The van der Waals surface area contributed by atoms with Crippen molar-refractivity contribution in [3.63, 3.8) is 0 Å². The highest BCUT2D eigenvalue weighted by molar-refractivity contribution is 5.83. The highest BCUT2D eigenvalue weighted by Crippen LogP contribution is 2.27. The van der Waals surface area contributed by atoms with Crippen LogP contribution in [0.4, 0.5) is 8.78 Å². The number of rotatable bonds is 6. The normalized spacial score (nSPS) is 18.6. The van der Waals surface area contributed by atoms with Gasteiger partial charge >= 0.3 is 5.97 Å². The second kappa shape index (κ2) is 7.33. The van der Waals surface area contributed by atoms with Crippen molar-refractivity contribution >= 4 is 11.9 Å². The molecule has 0 saturated heterocycles. The molecular formula is C16H19F2NO3. The van der Waals surface area contributed by atoms with Crippen molar-refractivity contribution in [2.24, 2.45) is 5.92 Å². The number of carbonyl (C=O) groups is 2. The second-order valence-electron chi connectivity index (χ2n) is 5.67. The molecule has 120 valence electrons. The summed E-state index contributed by atoms with van der Waals surface area (Å²) in [6.45, 7) is 0. The van der Waals surface area contributed by atoms with E-state index in [4.69, 9.17) is 5.11 Å². The number of aryl methyl sites for hydroxylation is 1. The Morgan fingerprint density at radius 2 is 1.95 bits per heavy atom. The van der Waals surface area contributed by atoms with Gasteiger partial charge < -0.3 is 10.4 Å². The van der Waals surface area contributed by atoms with E-state index in [1.54, 1.807) is 0 Å². The number of amides is 1. The van der Waals surface area contributed by atoms with Crippen molar-refractivity contribution in [1.82, 2.24) is 5.32 Å². The largest absolute Gasteiger partial charge is 0.480 e. The SMILES string of the molecule is O=C(CC1CCc2ccccc2C1)NC(CC(F)F)C(=O)O. The van der Waals surface area contributed by atoms with E-state index >= 15 is 0 Å². The lowest BCUT2D eigenvalue weighted by atomic mass is 9.82. The molecule has 0 aromatic heterocycles. The Bertz CT molecular complexity index is 548. The van der Waals surface area contributed by atoms with E-state index in [0.29, 0.717) is 0 Å². The van der Waals surface area contributed by atoms with Crippen molar-refractivity contribution in [3.8, 4) is 0 Å². The number of halogens is 2. The molecule has 0 saturated carbocycles. The lowest BCUT2D eigenvalue weighted by Gasteiger charge is -2.24. The summed E-state index contributed by atoms with van der Waals surface area (Å²) in [6.07, 6.45) is -0.973. The zero-order valence-electron chi connectivity index (χ0n) is 12.1. The van der Waals surface area contributed by atoms with Crippen LogP contribution < -0.4 is 5.32 Å². The Balaban J connectivity index is 1.88. The number of hydrogen-bond acceptors (Lipinski definition) is 2. The van der Waals surface area contributed by atoms with Crippen LogP contribution in [0.3, 0.4) is 0 Å². The first-order valence-corrected chi connectivity index (χ1v) is 7.32. The third-order valence-electron chi connectivity index (χ3n) is 3.97. The highest BCUT2D eigenvalue weighted by Gasteiger charge is 2.26. The molecule has 1 aromatic rings. The molecule has 4 nitrogen and oxygen atoms in total. The maximum absolute atomic E-state index is 12.3. The Morgan fingerprint density at radius 3 is 2.59 bits per heavy atom. The van der Waals surface area contributed by atoms with Gasteiger partial charge in [-0.15, -0.1) is 0 Å².